The second-order valence-corrected chi connectivity index (χ2v) is 6.46. The summed E-state index contributed by atoms with van der Waals surface area (Å²) in [5.74, 6) is -0.197. The standard InChI is InChI=1S/C20H23ClN2O2/c1-14-8-9-18(12-15(14)2)23(16(3)24)11-10-20(25)22-13-17-6-4-5-7-19(17)21/h4-9,12H,10-11,13H2,1-3H3,(H,22,25). The van der Waals surface area contributed by atoms with Crippen molar-refractivity contribution in [2.75, 3.05) is 11.4 Å². The Hall–Kier alpha value is -2.33. The molecule has 1 N–H and O–H groups in total. The predicted molar refractivity (Wildman–Crippen MR) is 102 cm³/mol. The molecule has 0 atom stereocenters. The quantitative estimate of drug-likeness (QED) is 0.848. The summed E-state index contributed by atoms with van der Waals surface area (Å²) in [6.45, 7) is 6.26. The lowest BCUT2D eigenvalue weighted by molar-refractivity contribution is -0.121. The van der Waals surface area contributed by atoms with E-state index in [2.05, 4.69) is 5.32 Å². The maximum atomic E-state index is 12.1. The van der Waals surface area contributed by atoms with Gasteiger partial charge in [-0.1, -0.05) is 35.9 Å². The van der Waals surface area contributed by atoms with E-state index in [9.17, 15) is 9.59 Å². The monoisotopic (exact) mass is 358 g/mol. The maximum absolute atomic E-state index is 12.1. The lowest BCUT2D eigenvalue weighted by atomic mass is 10.1. The zero-order valence-electron chi connectivity index (χ0n) is 14.8. The fourth-order valence-electron chi connectivity index (χ4n) is 2.50. The summed E-state index contributed by atoms with van der Waals surface area (Å²) in [7, 11) is 0. The number of aryl methyl sites for hydroxylation is 2. The SMILES string of the molecule is CC(=O)N(CCC(=O)NCc1ccccc1Cl)c1ccc(C)c(C)c1. The van der Waals surface area contributed by atoms with Gasteiger partial charge >= 0.3 is 0 Å². The molecule has 4 nitrogen and oxygen atoms in total. The summed E-state index contributed by atoms with van der Waals surface area (Å²) in [6, 6.07) is 13.3. The van der Waals surface area contributed by atoms with Crippen molar-refractivity contribution in [3.63, 3.8) is 0 Å². The van der Waals surface area contributed by atoms with Gasteiger partial charge in [-0.2, -0.15) is 0 Å². The zero-order chi connectivity index (χ0) is 18.4. The summed E-state index contributed by atoms with van der Waals surface area (Å²) in [6.07, 6.45) is 0.233. The third-order valence-corrected chi connectivity index (χ3v) is 4.55. The van der Waals surface area contributed by atoms with Crippen molar-refractivity contribution in [3.8, 4) is 0 Å². The van der Waals surface area contributed by atoms with Crippen molar-refractivity contribution < 1.29 is 9.59 Å². The van der Waals surface area contributed by atoms with Crippen molar-refractivity contribution in [2.45, 2.75) is 33.7 Å². The first-order valence-corrected chi connectivity index (χ1v) is 8.61. The Morgan fingerprint density at radius 2 is 1.80 bits per heavy atom. The maximum Gasteiger partial charge on any atom is 0.223 e. The summed E-state index contributed by atoms with van der Waals surface area (Å²) >= 11 is 6.08. The van der Waals surface area contributed by atoms with E-state index < -0.39 is 0 Å². The Morgan fingerprint density at radius 1 is 1.08 bits per heavy atom. The number of amides is 2. The molecule has 5 heteroatoms. The Kier molecular flexibility index (Phi) is 6.59. The van der Waals surface area contributed by atoms with E-state index in [-0.39, 0.29) is 18.2 Å². The van der Waals surface area contributed by atoms with Crippen LogP contribution in [0.1, 0.15) is 30.0 Å². The van der Waals surface area contributed by atoms with Crippen LogP contribution in [0.15, 0.2) is 42.5 Å². The molecule has 0 aliphatic rings. The minimum Gasteiger partial charge on any atom is -0.352 e. The highest BCUT2D eigenvalue weighted by Gasteiger charge is 2.14. The number of benzene rings is 2. The highest BCUT2D eigenvalue weighted by atomic mass is 35.5. The minimum atomic E-state index is -0.116. The summed E-state index contributed by atoms with van der Waals surface area (Å²) in [4.78, 5) is 25.7. The highest BCUT2D eigenvalue weighted by Crippen LogP contribution is 2.19. The van der Waals surface area contributed by atoms with E-state index in [1.165, 1.54) is 12.5 Å². The van der Waals surface area contributed by atoms with Crippen molar-refractivity contribution >= 4 is 29.1 Å². The fourth-order valence-corrected chi connectivity index (χ4v) is 2.70. The smallest absolute Gasteiger partial charge is 0.223 e. The number of rotatable bonds is 6. The van der Waals surface area contributed by atoms with Crippen molar-refractivity contribution in [1.82, 2.24) is 5.32 Å². The van der Waals surface area contributed by atoms with Gasteiger partial charge < -0.3 is 10.2 Å². The van der Waals surface area contributed by atoms with Gasteiger partial charge in [0.2, 0.25) is 11.8 Å². The molecule has 0 heterocycles. The van der Waals surface area contributed by atoms with E-state index in [0.717, 1.165) is 16.8 Å². The molecular formula is C20H23ClN2O2. The molecule has 25 heavy (non-hydrogen) atoms. The van der Waals surface area contributed by atoms with Crippen molar-refractivity contribution in [3.05, 3.63) is 64.2 Å². The number of nitrogens with one attached hydrogen (secondary N) is 1. The van der Waals surface area contributed by atoms with E-state index in [1.807, 2.05) is 50.2 Å². The third-order valence-electron chi connectivity index (χ3n) is 4.18. The van der Waals surface area contributed by atoms with Crippen LogP contribution in [0, 0.1) is 13.8 Å². The number of anilines is 1. The van der Waals surface area contributed by atoms with Crippen LogP contribution in [0.5, 0.6) is 0 Å². The molecule has 2 aromatic rings. The molecule has 0 radical (unpaired) electrons. The van der Waals surface area contributed by atoms with Crippen LogP contribution in [0.4, 0.5) is 5.69 Å². The van der Waals surface area contributed by atoms with Crippen LogP contribution >= 0.6 is 11.6 Å². The topological polar surface area (TPSA) is 49.4 Å². The molecule has 0 aliphatic heterocycles. The zero-order valence-corrected chi connectivity index (χ0v) is 15.6. The summed E-state index contributed by atoms with van der Waals surface area (Å²) < 4.78 is 0. The van der Waals surface area contributed by atoms with Crippen LogP contribution in [0.25, 0.3) is 0 Å². The Bertz CT molecular complexity index is 774. The molecule has 0 spiro atoms. The molecule has 0 fully saturated rings. The number of halogens is 1. The van der Waals surface area contributed by atoms with Gasteiger partial charge in [-0.25, -0.2) is 0 Å². The van der Waals surface area contributed by atoms with Gasteiger partial charge in [-0.05, 0) is 48.7 Å². The van der Waals surface area contributed by atoms with Crippen LogP contribution in [0.2, 0.25) is 5.02 Å². The Labute approximate surface area is 153 Å². The second kappa shape index (κ2) is 8.67. The normalized spacial score (nSPS) is 10.4. The van der Waals surface area contributed by atoms with E-state index >= 15 is 0 Å². The first kappa shape index (κ1) is 19.0. The summed E-state index contributed by atoms with van der Waals surface area (Å²) in [5.41, 5.74) is 3.97. The molecular weight excluding hydrogens is 336 g/mol. The minimum absolute atomic E-state index is 0.0813. The number of hydrogen-bond acceptors (Lipinski definition) is 2. The van der Waals surface area contributed by atoms with Gasteiger partial charge in [0.25, 0.3) is 0 Å². The molecule has 132 valence electrons. The molecule has 2 aromatic carbocycles. The average molecular weight is 359 g/mol. The van der Waals surface area contributed by atoms with Crippen molar-refractivity contribution in [2.24, 2.45) is 0 Å². The Balaban J connectivity index is 1.94. The van der Waals surface area contributed by atoms with Crippen LogP contribution in [0.3, 0.4) is 0 Å². The molecule has 0 aromatic heterocycles. The second-order valence-electron chi connectivity index (χ2n) is 6.06. The number of nitrogens with zero attached hydrogens (tertiary/aromatic N) is 1. The fraction of sp³-hybridized carbons (Fsp3) is 0.300. The largest absolute Gasteiger partial charge is 0.352 e. The summed E-state index contributed by atoms with van der Waals surface area (Å²) in [5, 5.41) is 3.47. The van der Waals surface area contributed by atoms with Gasteiger partial charge in [-0.15, -0.1) is 0 Å². The molecule has 0 bridgehead atoms. The molecule has 0 unspecified atom stereocenters. The third kappa shape index (κ3) is 5.33. The van der Waals surface area contributed by atoms with E-state index in [1.54, 1.807) is 11.0 Å². The van der Waals surface area contributed by atoms with Gasteiger partial charge in [0.15, 0.2) is 0 Å². The molecule has 2 amide bonds. The Morgan fingerprint density at radius 3 is 2.44 bits per heavy atom. The number of carbonyl (C=O) groups is 2. The van der Waals surface area contributed by atoms with Crippen LogP contribution in [-0.4, -0.2) is 18.4 Å². The highest BCUT2D eigenvalue weighted by molar-refractivity contribution is 6.31. The van der Waals surface area contributed by atoms with Gasteiger partial charge in [0.1, 0.15) is 0 Å². The molecule has 0 aliphatic carbocycles. The first-order chi connectivity index (χ1) is 11.9. The van der Waals surface area contributed by atoms with Gasteiger partial charge in [-0.3, -0.25) is 9.59 Å². The van der Waals surface area contributed by atoms with E-state index in [0.29, 0.717) is 18.1 Å². The number of hydrogen-bond donors (Lipinski definition) is 1. The van der Waals surface area contributed by atoms with E-state index in [4.69, 9.17) is 11.6 Å². The predicted octanol–water partition coefficient (Wildman–Crippen LogP) is 4.02. The lowest BCUT2D eigenvalue weighted by Crippen LogP contribution is -2.33. The average Bonchev–Trinajstić information content (AvgIpc) is 2.57. The van der Waals surface area contributed by atoms with Gasteiger partial charge in [0, 0.05) is 37.1 Å². The number of carbonyl (C=O) groups excluding carboxylic acids is 2. The van der Waals surface area contributed by atoms with Crippen LogP contribution < -0.4 is 10.2 Å². The first-order valence-electron chi connectivity index (χ1n) is 8.24. The van der Waals surface area contributed by atoms with Crippen LogP contribution in [-0.2, 0) is 16.1 Å². The molecule has 2 rings (SSSR count). The molecule has 0 saturated carbocycles. The van der Waals surface area contributed by atoms with Gasteiger partial charge in [0.05, 0.1) is 0 Å². The molecule has 0 saturated heterocycles. The lowest BCUT2D eigenvalue weighted by Gasteiger charge is -2.22. The van der Waals surface area contributed by atoms with Crippen molar-refractivity contribution in [1.29, 1.82) is 0 Å².